The van der Waals surface area contributed by atoms with E-state index in [-0.39, 0.29) is 31.4 Å². The molecular formula is C18H20Cl2OZr. The summed E-state index contributed by atoms with van der Waals surface area (Å²) in [6.07, 6.45) is 11.3. The Labute approximate surface area is 152 Å². The van der Waals surface area contributed by atoms with Gasteiger partial charge in [-0.3, -0.25) is 0 Å². The van der Waals surface area contributed by atoms with Crippen LogP contribution in [0.3, 0.4) is 0 Å². The van der Waals surface area contributed by atoms with E-state index in [4.69, 9.17) is 5.11 Å². The third-order valence-electron chi connectivity index (χ3n) is 4.16. The van der Waals surface area contributed by atoms with Gasteiger partial charge in [0.2, 0.25) is 0 Å². The van der Waals surface area contributed by atoms with Gasteiger partial charge in [-0.15, -0.1) is 0 Å². The van der Waals surface area contributed by atoms with Crippen LogP contribution in [0.2, 0.25) is 0 Å². The van der Waals surface area contributed by atoms with Gasteiger partial charge in [0, 0.05) is 0 Å². The van der Waals surface area contributed by atoms with Gasteiger partial charge in [-0.05, 0) is 0 Å². The number of fused-ring (bicyclic) bond motifs is 1. The van der Waals surface area contributed by atoms with Crippen molar-refractivity contribution in [3.8, 4) is 0 Å². The van der Waals surface area contributed by atoms with Gasteiger partial charge in [-0.2, -0.15) is 0 Å². The van der Waals surface area contributed by atoms with Crippen LogP contribution in [-0.4, -0.2) is 15.4 Å². The van der Waals surface area contributed by atoms with Crippen molar-refractivity contribution in [3.05, 3.63) is 62.5 Å². The minimum absolute atomic E-state index is 0. The molecule has 0 bridgehead atoms. The molecule has 116 valence electrons. The second-order valence-electron chi connectivity index (χ2n) is 5.34. The Hall–Kier alpha value is -0.267. The summed E-state index contributed by atoms with van der Waals surface area (Å²) in [5, 5.41) is 9.08. The molecule has 0 heterocycles. The van der Waals surface area contributed by atoms with Crippen LogP contribution >= 0.6 is 0 Å². The van der Waals surface area contributed by atoms with Crippen molar-refractivity contribution in [1.29, 1.82) is 0 Å². The molecule has 3 rings (SSSR count). The van der Waals surface area contributed by atoms with Gasteiger partial charge in [0.25, 0.3) is 0 Å². The molecule has 1 N–H and O–H groups in total. The van der Waals surface area contributed by atoms with Gasteiger partial charge < -0.3 is 24.8 Å². The van der Waals surface area contributed by atoms with Crippen LogP contribution in [0.25, 0.3) is 6.08 Å². The van der Waals surface area contributed by atoms with Crippen molar-refractivity contribution in [2.45, 2.75) is 23.4 Å². The van der Waals surface area contributed by atoms with Gasteiger partial charge in [0.1, 0.15) is 0 Å². The van der Waals surface area contributed by atoms with E-state index < -0.39 is 21.3 Å². The first-order chi connectivity index (χ1) is 9.83. The molecule has 1 aromatic rings. The average Bonchev–Trinajstić information content (AvgIpc) is 3.09. The maximum absolute atomic E-state index is 9.08. The van der Waals surface area contributed by atoms with Crippen molar-refractivity contribution in [3.63, 3.8) is 0 Å². The van der Waals surface area contributed by atoms with Gasteiger partial charge in [-0.25, -0.2) is 0 Å². The van der Waals surface area contributed by atoms with Crippen LogP contribution < -0.4 is 24.8 Å². The van der Waals surface area contributed by atoms with E-state index in [1.807, 2.05) is 0 Å². The van der Waals surface area contributed by atoms with Crippen LogP contribution in [-0.2, 0) is 21.3 Å². The Morgan fingerprint density at radius 3 is 2.77 bits per heavy atom. The molecule has 0 aliphatic heterocycles. The minimum Gasteiger partial charge on any atom is -1.00 e. The average molecular weight is 414 g/mol. The molecule has 0 amide bonds. The van der Waals surface area contributed by atoms with E-state index in [1.165, 1.54) is 16.7 Å². The van der Waals surface area contributed by atoms with Crippen molar-refractivity contribution < 1.29 is 51.2 Å². The van der Waals surface area contributed by atoms with Crippen LogP contribution in [0, 0.1) is 0 Å². The Balaban J connectivity index is 0.00000121. The Morgan fingerprint density at radius 1 is 1.27 bits per heavy atom. The number of aliphatic hydroxyl groups excluding tert-OH is 1. The fourth-order valence-corrected chi connectivity index (χ4v) is 9.86. The summed E-state index contributed by atoms with van der Waals surface area (Å²) < 4.78 is 4.84. The number of hydrogen-bond donors (Lipinski definition) is 1. The van der Waals surface area contributed by atoms with Crippen molar-refractivity contribution in [1.82, 2.24) is 0 Å². The third kappa shape index (κ3) is 3.98. The first-order valence-corrected chi connectivity index (χ1v) is 11.3. The molecule has 0 fully saturated rings. The molecule has 0 aromatic heterocycles. The molecule has 0 spiro atoms. The first-order valence-electron chi connectivity index (χ1n) is 7.27. The number of rotatable bonds is 4. The smallest absolute Gasteiger partial charge is 1.00 e. The zero-order chi connectivity index (χ0) is 13.9. The fraction of sp³-hybridized carbons (Fsp3) is 0.278. The zero-order valence-corrected chi connectivity index (χ0v) is 16.6. The zero-order valence-electron chi connectivity index (χ0n) is 12.6. The SMILES string of the molecule is C[CH]=[Zr+2]([C]1=CC(CCO)=CC1)[CH]1C=Cc2ccccc21.[Cl-].[Cl-]. The molecule has 1 nitrogen and oxygen atoms in total. The predicted octanol–water partition coefficient (Wildman–Crippen LogP) is -2.20. The summed E-state index contributed by atoms with van der Waals surface area (Å²) in [5.74, 6) is 0. The summed E-state index contributed by atoms with van der Waals surface area (Å²) in [6, 6.07) is 8.80. The first kappa shape index (κ1) is 19.8. The van der Waals surface area contributed by atoms with Crippen LogP contribution in [0.5, 0.6) is 0 Å². The number of hydrogen-bond acceptors (Lipinski definition) is 1. The number of aliphatic hydroxyl groups is 1. The summed E-state index contributed by atoms with van der Waals surface area (Å²) in [4.78, 5) is 0. The van der Waals surface area contributed by atoms with Gasteiger partial charge >= 0.3 is 129 Å². The maximum Gasteiger partial charge on any atom is -1.00 e. The molecule has 4 heteroatoms. The largest absolute Gasteiger partial charge is 1.00 e. The van der Waals surface area contributed by atoms with E-state index in [0.717, 1.165) is 12.8 Å². The van der Waals surface area contributed by atoms with Crippen molar-refractivity contribution >= 4 is 9.78 Å². The third-order valence-corrected chi connectivity index (χ3v) is 11.3. The molecule has 0 saturated carbocycles. The van der Waals surface area contributed by atoms with Crippen LogP contribution in [0.1, 0.15) is 34.5 Å². The summed E-state index contributed by atoms with van der Waals surface area (Å²) in [5.41, 5.74) is 4.26. The Kier molecular flexibility index (Phi) is 8.21. The molecule has 0 saturated heterocycles. The predicted molar refractivity (Wildman–Crippen MR) is 82.4 cm³/mol. The van der Waals surface area contributed by atoms with E-state index >= 15 is 0 Å². The molecule has 1 aromatic carbocycles. The fourth-order valence-electron chi connectivity index (χ4n) is 3.17. The molecule has 0 radical (unpaired) electrons. The number of allylic oxidation sites excluding steroid dienone is 4. The minimum atomic E-state index is -1.75. The van der Waals surface area contributed by atoms with Crippen LogP contribution in [0.4, 0.5) is 0 Å². The van der Waals surface area contributed by atoms with Crippen molar-refractivity contribution in [2.24, 2.45) is 0 Å². The van der Waals surface area contributed by atoms with Crippen molar-refractivity contribution in [2.75, 3.05) is 6.61 Å². The van der Waals surface area contributed by atoms with Gasteiger partial charge in [0.05, 0.1) is 0 Å². The molecular weight excluding hydrogens is 394 g/mol. The van der Waals surface area contributed by atoms with Gasteiger partial charge in [0.15, 0.2) is 0 Å². The van der Waals surface area contributed by atoms with E-state index in [0.29, 0.717) is 3.63 Å². The van der Waals surface area contributed by atoms with E-state index in [1.54, 1.807) is 3.28 Å². The summed E-state index contributed by atoms with van der Waals surface area (Å²) in [7, 11) is 0. The van der Waals surface area contributed by atoms with E-state index in [2.05, 4.69) is 59.2 Å². The second kappa shape index (κ2) is 9.13. The topological polar surface area (TPSA) is 20.2 Å². The summed E-state index contributed by atoms with van der Waals surface area (Å²) in [6.45, 7) is 2.50. The quantitative estimate of drug-likeness (QED) is 0.593. The molecule has 1 unspecified atom stereocenters. The second-order valence-corrected chi connectivity index (χ2v) is 12.1. The standard InChI is InChI=1S/C9H7.C7H9O.C2H4.2ClH.Zr/c1-2-5-9-7-3-6-8(9)4-1;8-6-5-7-3-1-2-4-7;1-2;;;/h1-7H;3-4,8H,1,5-6H2;1H,2H3;2*1H;/q;;;;;+2/p-2. The van der Waals surface area contributed by atoms with Gasteiger partial charge in [-0.1, -0.05) is 0 Å². The monoisotopic (exact) mass is 412 g/mol. The van der Waals surface area contributed by atoms with E-state index in [9.17, 15) is 0 Å². The Bertz CT molecular complexity index is 644. The molecule has 1 atom stereocenters. The normalized spacial score (nSPS) is 18.2. The molecule has 2 aliphatic rings. The van der Waals surface area contributed by atoms with Crippen LogP contribution in [0.15, 0.2) is 51.3 Å². The number of benzene rings is 1. The molecule has 22 heavy (non-hydrogen) atoms. The summed E-state index contributed by atoms with van der Waals surface area (Å²) >= 11 is -1.75. The number of halogens is 2. The Morgan fingerprint density at radius 2 is 2.05 bits per heavy atom. The maximum atomic E-state index is 9.08. The molecule has 2 aliphatic carbocycles.